The zero-order valence-corrected chi connectivity index (χ0v) is 19.2. The molecule has 0 bridgehead atoms. The van der Waals surface area contributed by atoms with Gasteiger partial charge >= 0.3 is 0 Å². The lowest BCUT2D eigenvalue weighted by Gasteiger charge is -2.21. The quantitative estimate of drug-likeness (QED) is 0.443. The monoisotopic (exact) mass is 466 g/mol. The molecule has 2 amide bonds. The van der Waals surface area contributed by atoms with Gasteiger partial charge in [0.05, 0.1) is 22.8 Å². The summed E-state index contributed by atoms with van der Waals surface area (Å²) in [5.74, 6) is -0.861. The molecule has 174 valence electrons. The molecule has 0 aliphatic carbocycles. The molecule has 2 aliphatic heterocycles. The summed E-state index contributed by atoms with van der Waals surface area (Å²) in [6, 6.07) is 15.1. The lowest BCUT2D eigenvalue weighted by atomic mass is 9.97. The first-order valence-electron chi connectivity index (χ1n) is 11.3. The van der Waals surface area contributed by atoms with Gasteiger partial charge in [0.2, 0.25) is 6.17 Å². The number of nitrogen functional groups attached to an aromatic ring is 1. The summed E-state index contributed by atoms with van der Waals surface area (Å²) in [4.78, 5) is 33.4. The van der Waals surface area contributed by atoms with E-state index in [9.17, 15) is 9.59 Å². The molecule has 0 radical (unpaired) electrons. The summed E-state index contributed by atoms with van der Waals surface area (Å²) < 4.78 is 1.57. The SMILES string of the molecule is Cc1cc2nnc(C(=O)NC3N=C(c4ccccc4)c4cc(N)cc5c4N(CC5)C3=O)c(C)n2n1. The summed E-state index contributed by atoms with van der Waals surface area (Å²) in [5.41, 5.74) is 12.7. The van der Waals surface area contributed by atoms with Crippen LogP contribution < -0.4 is 16.0 Å². The van der Waals surface area contributed by atoms with Gasteiger partial charge in [-0.2, -0.15) is 5.10 Å². The van der Waals surface area contributed by atoms with Crippen LogP contribution in [0.25, 0.3) is 5.65 Å². The molecule has 0 spiro atoms. The largest absolute Gasteiger partial charge is 0.399 e. The Hall–Kier alpha value is -4.60. The van der Waals surface area contributed by atoms with Gasteiger partial charge in [-0.1, -0.05) is 30.3 Å². The summed E-state index contributed by atoms with van der Waals surface area (Å²) >= 11 is 0. The summed E-state index contributed by atoms with van der Waals surface area (Å²) in [6.45, 7) is 4.07. The fraction of sp³-hybridized carbons (Fsp3) is 0.200. The lowest BCUT2D eigenvalue weighted by Crippen LogP contribution is -2.47. The molecule has 3 N–H and O–H groups in total. The highest BCUT2D eigenvalue weighted by molar-refractivity contribution is 6.21. The highest BCUT2D eigenvalue weighted by Crippen LogP contribution is 2.38. The zero-order chi connectivity index (χ0) is 24.3. The fourth-order valence-electron chi connectivity index (χ4n) is 4.78. The second kappa shape index (κ2) is 7.73. The van der Waals surface area contributed by atoms with Crippen molar-refractivity contribution in [3.05, 3.63) is 82.3 Å². The lowest BCUT2D eigenvalue weighted by molar-refractivity contribution is -0.120. The smallest absolute Gasteiger partial charge is 0.275 e. The van der Waals surface area contributed by atoms with Crippen LogP contribution in [0.1, 0.15) is 38.6 Å². The molecular weight excluding hydrogens is 444 g/mol. The van der Waals surface area contributed by atoms with Gasteiger partial charge in [0, 0.05) is 29.4 Å². The minimum absolute atomic E-state index is 0.0815. The Morgan fingerprint density at radius 2 is 1.91 bits per heavy atom. The molecule has 10 nitrogen and oxygen atoms in total. The maximum Gasteiger partial charge on any atom is 0.275 e. The van der Waals surface area contributed by atoms with E-state index in [0.29, 0.717) is 35.7 Å². The number of carbonyl (C=O) groups excluding carboxylic acids is 2. The molecule has 10 heteroatoms. The zero-order valence-electron chi connectivity index (χ0n) is 19.2. The van der Waals surface area contributed by atoms with Crippen LogP contribution in [0.4, 0.5) is 11.4 Å². The number of nitrogens with one attached hydrogen (secondary N) is 1. The van der Waals surface area contributed by atoms with Crippen LogP contribution in [-0.2, 0) is 11.2 Å². The summed E-state index contributed by atoms with van der Waals surface area (Å²) in [7, 11) is 0. The van der Waals surface area contributed by atoms with Gasteiger partial charge in [-0.3, -0.25) is 9.59 Å². The van der Waals surface area contributed by atoms with Crippen molar-refractivity contribution in [2.45, 2.75) is 26.4 Å². The highest BCUT2D eigenvalue weighted by Gasteiger charge is 2.38. The third-order valence-corrected chi connectivity index (χ3v) is 6.35. The average molecular weight is 467 g/mol. The van der Waals surface area contributed by atoms with Crippen LogP contribution >= 0.6 is 0 Å². The van der Waals surface area contributed by atoms with Crippen molar-refractivity contribution < 1.29 is 9.59 Å². The standard InChI is InChI=1S/C25H22N8O2/c1-13-10-19-29-30-20(14(2)33(19)31-13)24(34)28-23-25(35)32-9-8-16-11-17(26)12-18(22(16)32)21(27-23)15-6-4-3-5-7-15/h3-7,10-12,23H,8-9,26H2,1-2H3,(H,28,34). The van der Waals surface area contributed by atoms with Gasteiger partial charge in [0.25, 0.3) is 11.8 Å². The number of nitrogens with two attached hydrogens (primary N) is 1. The Morgan fingerprint density at radius 1 is 1.11 bits per heavy atom. The molecule has 4 heterocycles. The first-order chi connectivity index (χ1) is 16.9. The number of nitrogens with zero attached hydrogens (tertiary/aromatic N) is 6. The highest BCUT2D eigenvalue weighted by atomic mass is 16.2. The van der Waals surface area contributed by atoms with Crippen LogP contribution in [0.3, 0.4) is 0 Å². The van der Waals surface area contributed by atoms with E-state index in [1.54, 1.807) is 22.4 Å². The number of carbonyl (C=O) groups is 2. The topological polar surface area (TPSA) is 131 Å². The number of hydrogen-bond donors (Lipinski definition) is 2. The number of hydrogen-bond acceptors (Lipinski definition) is 7. The van der Waals surface area contributed by atoms with E-state index in [-0.39, 0.29) is 11.6 Å². The van der Waals surface area contributed by atoms with Crippen LogP contribution in [-0.4, -0.2) is 50.0 Å². The van der Waals surface area contributed by atoms with Crippen molar-refractivity contribution in [1.29, 1.82) is 0 Å². The Labute approximate surface area is 200 Å². The number of benzene rings is 2. The van der Waals surface area contributed by atoms with Crippen molar-refractivity contribution in [2.24, 2.45) is 4.99 Å². The molecular formula is C25H22N8O2. The van der Waals surface area contributed by atoms with Crippen molar-refractivity contribution >= 4 is 34.5 Å². The molecule has 2 aromatic carbocycles. The van der Waals surface area contributed by atoms with Crippen LogP contribution in [0.5, 0.6) is 0 Å². The molecule has 0 saturated heterocycles. The predicted molar refractivity (Wildman–Crippen MR) is 131 cm³/mol. The second-order valence-electron chi connectivity index (χ2n) is 8.73. The van der Waals surface area contributed by atoms with Gasteiger partial charge in [0.15, 0.2) is 11.3 Å². The molecule has 6 rings (SSSR count). The Bertz CT molecular complexity index is 1560. The number of rotatable bonds is 3. The maximum atomic E-state index is 13.6. The number of anilines is 2. The third-order valence-electron chi connectivity index (χ3n) is 6.35. The van der Waals surface area contributed by atoms with Crippen molar-refractivity contribution in [2.75, 3.05) is 17.2 Å². The van der Waals surface area contributed by atoms with Gasteiger partial charge in [-0.25, -0.2) is 9.51 Å². The number of aromatic nitrogens is 4. The molecule has 4 aromatic rings. The van der Waals surface area contributed by atoms with Crippen molar-refractivity contribution in [3.63, 3.8) is 0 Å². The molecule has 0 fully saturated rings. The van der Waals surface area contributed by atoms with E-state index < -0.39 is 12.1 Å². The summed E-state index contributed by atoms with van der Waals surface area (Å²) in [5, 5.41) is 15.4. The predicted octanol–water partition coefficient (Wildman–Crippen LogP) is 1.82. The molecule has 35 heavy (non-hydrogen) atoms. The molecule has 1 atom stereocenters. The van der Waals surface area contributed by atoms with Gasteiger partial charge < -0.3 is 16.0 Å². The van der Waals surface area contributed by atoms with Crippen LogP contribution in [0.15, 0.2) is 53.5 Å². The van der Waals surface area contributed by atoms with Gasteiger partial charge in [-0.05, 0) is 38.0 Å². The Kier molecular flexibility index (Phi) is 4.63. The van der Waals surface area contributed by atoms with E-state index in [0.717, 1.165) is 28.1 Å². The normalized spacial score (nSPS) is 16.7. The third kappa shape index (κ3) is 3.33. The summed E-state index contributed by atoms with van der Waals surface area (Å²) in [6.07, 6.45) is -0.463. The molecule has 2 aliphatic rings. The number of aryl methyl sites for hydroxylation is 2. The molecule has 1 unspecified atom stereocenters. The number of amides is 2. The average Bonchev–Trinajstić information content (AvgIpc) is 3.42. The van der Waals surface area contributed by atoms with E-state index in [1.807, 2.05) is 49.4 Å². The van der Waals surface area contributed by atoms with Crippen molar-refractivity contribution in [3.8, 4) is 0 Å². The fourth-order valence-corrected chi connectivity index (χ4v) is 4.78. The minimum atomic E-state index is -1.14. The van der Waals surface area contributed by atoms with Crippen LogP contribution in [0, 0.1) is 13.8 Å². The minimum Gasteiger partial charge on any atom is -0.399 e. The van der Waals surface area contributed by atoms with Gasteiger partial charge in [-0.15, -0.1) is 10.2 Å². The Balaban J connectivity index is 1.45. The maximum absolute atomic E-state index is 13.6. The van der Waals surface area contributed by atoms with E-state index >= 15 is 0 Å². The first-order valence-corrected chi connectivity index (χ1v) is 11.3. The molecule has 2 aromatic heterocycles. The molecule has 0 saturated carbocycles. The van der Waals surface area contributed by atoms with E-state index in [1.165, 1.54) is 0 Å². The van der Waals surface area contributed by atoms with Gasteiger partial charge in [0.1, 0.15) is 0 Å². The Morgan fingerprint density at radius 3 is 2.71 bits per heavy atom. The number of fused-ring (bicyclic) bond motifs is 1. The van der Waals surface area contributed by atoms with E-state index in [4.69, 9.17) is 10.7 Å². The van der Waals surface area contributed by atoms with Crippen LogP contribution in [0.2, 0.25) is 0 Å². The second-order valence-corrected chi connectivity index (χ2v) is 8.73. The van der Waals surface area contributed by atoms with E-state index in [2.05, 4.69) is 20.6 Å². The first kappa shape index (κ1) is 21.0. The van der Waals surface area contributed by atoms with Crippen molar-refractivity contribution in [1.82, 2.24) is 25.1 Å². The number of aliphatic imine (C=N–C) groups is 1.